The molecule has 0 saturated heterocycles. The topological polar surface area (TPSA) is 167 Å². The number of nitriles is 4. The number of pyridine rings is 2. The van der Waals surface area contributed by atoms with Gasteiger partial charge in [0.25, 0.3) is 0 Å². The molecule has 0 aliphatic heterocycles. The summed E-state index contributed by atoms with van der Waals surface area (Å²) in [4.78, 5) is 7.94. The molecule has 8 nitrogen and oxygen atoms in total. The molecule has 2 aromatic heterocycles. The summed E-state index contributed by atoms with van der Waals surface area (Å²) in [7, 11) is 0. The van der Waals surface area contributed by atoms with Gasteiger partial charge in [-0.3, -0.25) is 9.97 Å². The Kier molecular flexibility index (Phi) is 11.2. The van der Waals surface area contributed by atoms with E-state index in [-0.39, 0.29) is 39.7 Å². The zero-order valence-electron chi connectivity index (χ0n) is 20.0. The van der Waals surface area contributed by atoms with Crippen LogP contribution in [0.1, 0.15) is 0 Å². The molecule has 0 spiro atoms. The molecule has 0 aliphatic rings. The second-order valence-electron chi connectivity index (χ2n) is 7.44. The fraction of sp³-hybridized carbons (Fsp3) is 0. The van der Waals surface area contributed by atoms with E-state index in [1.165, 1.54) is 36.4 Å². The van der Waals surface area contributed by atoms with Crippen LogP contribution in [0, 0.1) is 45.3 Å². The molecule has 0 fully saturated rings. The zero-order chi connectivity index (χ0) is 27.3. The van der Waals surface area contributed by atoms with E-state index in [9.17, 15) is 10.2 Å². The second kappa shape index (κ2) is 14.8. The summed E-state index contributed by atoms with van der Waals surface area (Å²) in [5, 5.41) is 59.5. The first-order valence-electron chi connectivity index (χ1n) is 11.0. The number of para-hydroxylation sites is 2. The van der Waals surface area contributed by atoms with Gasteiger partial charge in [0.2, 0.25) is 0 Å². The number of nitrogens with zero attached hydrogens (tertiary/aromatic N) is 6. The molecule has 2 heterocycles. The van der Waals surface area contributed by atoms with Gasteiger partial charge >= 0.3 is 17.1 Å². The average Bonchev–Trinajstić information content (AvgIpc) is 2.96. The van der Waals surface area contributed by atoms with Crippen molar-refractivity contribution in [2.75, 3.05) is 0 Å². The Bertz CT molecular complexity index is 1710. The van der Waals surface area contributed by atoms with Gasteiger partial charge in [-0.1, -0.05) is 84.3 Å². The molecule has 0 N–H and O–H groups in total. The SMILES string of the molecule is N#CC(C#N)=c1ccc(=C(C#N)C#N)cc1.[Cu+2].[O-]c1cccc2cccnc12.[O-]c1cccc2cccnc12. The minimum absolute atomic E-state index is 0. The second-order valence-corrected chi connectivity index (χ2v) is 7.44. The molecule has 1 radical (unpaired) electrons. The largest absolute Gasteiger partial charge is 2.00 e. The van der Waals surface area contributed by atoms with Gasteiger partial charge in [0.1, 0.15) is 35.4 Å². The Morgan fingerprint density at radius 3 is 1.15 bits per heavy atom. The Labute approximate surface area is 234 Å². The molecule has 0 amide bonds. The summed E-state index contributed by atoms with van der Waals surface area (Å²) >= 11 is 0. The normalized spacial score (nSPS) is 8.92. The van der Waals surface area contributed by atoms with E-state index in [1.54, 1.807) is 48.8 Å². The van der Waals surface area contributed by atoms with Gasteiger partial charge in [-0.2, -0.15) is 21.0 Å². The number of hydrogen-bond donors (Lipinski definition) is 0. The molecule has 0 saturated carbocycles. The summed E-state index contributed by atoms with van der Waals surface area (Å²) in [6.07, 6.45) is 3.26. The monoisotopic (exact) mass is 555 g/mol. The fourth-order valence-corrected chi connectivity index (χ4v) is 3.26. The van der Waals surface area contributed by atoms with Crippen molar-refractivity contribution in [3.05, 3.63) is 108 Å². The molecule has 0 atom stereocenters. The standard InChI is InChI=1S/C12H4N4.2C9H7NO.Cu/c13-5-11(6-14)9-1-2-10(4-3-9)12(7-15)8-16;2*11-8-5-1-3-7-4-2-6-10-9(7)8;/h1-4H;2*1-6,11H;/q;;;+2/p-2. The molecule has 9 heteroatoms. The quantitative estimate of drug-likeness (QED) is 0.263. The van der Waals surface area contributed by atoms with Crippen LogP contribution in [0.4, 0.5) is 0 Å². The maximum absolute atomic E-state index is 11.1. The van der Waals surface area contributed by atoms with Gasteiger partial charge in [0.15, 0.2) is 0 Å². The number of hydrogen-bond acceptors (Lipinski definition) is 8. The predicted octanol–water partition coefficient (Wildman–Crippen LogP) is 2.70. The van der Waals surface area contributed by atoms with Crippen LogP contribution in [0.5, 0.6) is 11.5 Å². The number of benzene rings is 3. The van der Waals surface area contributed by atoms with Crippen LogP contribution in [0.25, 0.3) is 33.0 Å². The van der Waals surface area contributed by atoms with Crippen molar-refractivity contribution in [3.63, 3.8) is 0 Å². The van der Waals surface area contributed by atoms with Gasteiger partial charge in [0, 0.05) is 22.8 Å². The van der Waals surface area contributed by atoms with E-state index in [4.69, 9.17) is 21.0 Å². The van der Waals surface area contributed by atoms with E-state index in [1.807, 2.05) is 36.4 Å². The van der Waals surface area contributed by atoms with Crippen molar-refractivity contribution in [2.24, 2.45) is 0 Å². The first-order valence-corrected chi connectivity index (χ1v) is 11.0. The Balaban J connectivity index is 0.000000207. The van der Waals surface area contributed by atoms with E-state index in [0.29, 0.717) is 21.5 Å². The van der Waals surface area contributed by atoms with Crippen LogP contribution >= 0.6 is 0 Å². The minimum atomic E-state index is -0.0110. The third-order valence-corrected chi connectivity index (χ3v) is 5.10. The smallest absolute Gasteiger partial charge is 0.871 e. The Morgan fingerprint density at radius 1 is 0.513 bits per heavy atom. The van der Waals surface area contributed by atoms with Crippen LogP contribution in [-0.4, -0.2) is 9.97 Å². The molecule has 0 unspecified atom stereocenters. The van der Waals surface area contributed by atoms with E-state index >= 15 is 0 Å². The van der Waals surface area contributed by atoms with Crippen LogP contribution in [0.3, 0.4) is 0 Å². The third-order valence-electron chi connectivity index (χ3n) is 5.10. The van der Waals surface area contributed by atoms with Gasteiger partial charge in [0.05, 0.1) is 11.0 Å². The summed E-state index contributed by atoms with van der Waals surface area (Å²) < 4.78 is 0. The molecule has 3 aromatic carbocycles. The maximum atomic E-state index is 11.1. The van der Waals surface area contributed by atoms with Crippen LogP contribution in [-0.2, 0) is 17.1 Å². The summed E-state index contributed by atoms with van der Waals surface area (Å²) in [5.41, 5.74) is 1.11. The molecular weight excluding hydrogens is 540 g/mol. The van der Waals surface area contributed by atoms with Gasteiger partial charge in [-0.05, 0) is 22.9 Å². The van der Waals surface area contributed by atoms with Crippen molar-refractivity contribution < 1.29 is 27.3 Å². The van der Waals surface area contributed by atoms with Crippen molar-refractivity contribution >= 4 is 33.0 Å². The van der Waals surface area contributed by atoms with Crippen LogP contribution < -0.4 is 20.7 Å². The molecule has 5 aromatic rings. The van der Waals surface area contributed by atoms with Crippen LogP contribution in [0.2, 0.25) is 0 Å². The Hall–Kier alpha value is -5.70. The predicted molar refractivity (Wildman–Crippen MR) is 137 cm³/mol. The van der Waals surface area contributed by atoms with Gasteiger partial charge in [-0.15, -0.1) is 0 Å². The molecule has 5 rings (SSSR count). The number of rotatable bonds is 0. The van der Waals surface area contributed by atoms with Crippen molar-refractivity contribution in [1.82, 2.24) is 9.97 Å². The van der Waals surface area contributed by atoms with E-state index < -0.39 is 0 Å². The number of fused-ring (bicyclic) bond motifs is 2. The average molecular weight is 556 g/mol. The van der Waals surface area contributed by atoms with E-state index in [2.05, 4.69) is 9.97 Å². The molecule has 39 heavy (non-hydrogen) atoms. The van der Waals surface area contributed by atoms with Gasteiger partial charge in [-0.25, -0.2) is 0 Å². The summed E-state index contributed by atoms with van der Waals surface area (Å²) in [6.45, 7) is 0. The summed E-state index contributed by atoms with van der Waals surface area (Å²) in [6, 6.07) is 30.9. The first-order chi connectivity index (χ1) is 18.5. The molecule has 189 valence electrons. The van der Waals surface area contributed by atoms with E-state index in [0.717, 1.165) is 10.8 Å². The van der Waals surface area contributed by atoms with Crippen molar-refractivity contribution in [3.8, 4) is 35.8 Å². The fourth-order valence-electron chi connectivity index (χ4n) is 3.26. The van der Waals surface area contributed by atoms with Crippen molar-refractivity contribution in [1.29, 1.82) is 21.0 Å². The minimum Gasteiger partial charge on any atom is -0.871 e. The first kappa shape index (κ1) is 29.5. The third kappa shape index (κ3) is 7.64. The molecule has 0 bridgehead atoms. The Morgan fingerprint density at radius 2 is 0.846 bits per heavy atom. The zero-order valence-corrected chi connectivity index (χ0v) is 21.0. The maximum Gasteiger partial charge on any atom is 2.00 e. The van der Waals surface area contributed by atoms with Crippen molar-refractivity contribution in [2.45, 2.75) is 0 Å². The summed E-state index contributed by atoms with van der Waals surface area (Å²) in [5.74, 6) is -0.0220. The number of aromatic nitrogens is 2. The van der Waals surface area contributed by atoms with Crippen LogP contribution in [0.15, 0.2) is 97.3 Å². The van der Waals surface area contributed by atoms with Gasteiger partial charge < -0.3 is 10.2 Å². The molecule has 0 aliphatic carbocycles. The molecular formula is C30H16CuN6O2.